The Balaban J connectivity index is 1.67. The second-order valence-electron chi connectivity index (χ2n) is 8.86. The zero-order valence-electron chi connectivity index (χ0n) is 19.1. The molecule has 0 aliphatic carbocycles. The number of fused-ring (bicyclic) bond motifs is 1. The van der Waals surface area contributed by atoms with E-state index in [0.717, 1.165) is 48.3 Å². The van der Waals surface area contributed by atoms with E-state index in [0.29, 0.717) is 26.3 Å². The number of sulfone groups is 1. The highest BCUT2D eigenvalue weighted by Crippen LogP contribution is 2.34. The van der Waals surface area contributed by atoms with Crippen molar-refractivity contribution in [3.8, 4) is 0 Å². The maximum absolute atomic E-state index is 13.7. The van der Waals surface area contributed by atoms with Gasteiger partial charge in [0.25, 0.3) is 0 Å². The minimum atomic E-state index is -3.67. The van der Waals surface area contributed by atoms with Gasteiger partial charge in [0, 0.05) is 27.2 Å². The Bertz CT molecular complexity index is 1270. The fourth-order valence-corrected chi connectivity index (χ4v) is 6.10. The van der Waals surface area contributed by atoms with E-state index in [1.807, 2.05) is 49.3 Å². The number of hydrogen-bond acceptors (Lipinski definition) is 4. The molecule has 0 amide bonds. The molecule has 7 heteroatoms. The number of halogens is 2. The first-order valence-corrected chi connectivity index (χ1v) is 13.2. The summed E-state index contributed by atoms with van der Waals surface area (Å²) < 4.78 is 27.4. The van der Waals surface area contributed by atoms with E-state index in [2.05, 4.69) is 18.0 Å². The monoisotopic (exact) mass is 502 g/mol. The van der Waals surface area contributed by atoms with E-state index in [1.54, 1.807) is 18.2 Å². The average Bonchev–Trinajstić information content (AvgIpc) is 2.97. The number of likely N-dealkylation sites (N-methyl/N-ethyl adjacent to an activating group) is 1. The van der Waals surface area contributed by atoms with Gasteiger partial charge in [-0.05, 0) is 85.0 Å². The molecular weight excluding hydrogens is 475 g/mol. The molecule has 1 aliphatic heterocycles. The number of rotatable bonds is 5. The fourth-order valence-electron chi connectivity index (χ4n) is 4.22. The zero-order chi connectivity index (χ0) is 23.8. The van der Waals surface area contributed by atoms with E-state index in [-0.39, 0.29) is 0 Å². The smallest absolute Gasteiger partial charge is 0.208 e. The lowest BCUT2D eigenvalue weighted by Gasteiger charge is -2.21. The molecule has 1 heterocycles. The quantitative estimate of drug-likeness (QED) is 0.460. The van der Waals surface area contributed by atoms with Gasteiger partial charge in [0.15, 0.2) is 0 Å². The largest absolute Gasteiger partial charge is 0.377 e. The van der Waals surface area contributed by atoms with Crippen LogP contribution >= 0.6 is 23.2 Å². The third kappa shape index (κ3) is 5.22. The van der Waals surface area contributed by atoms with Crippen LogP contribution in [0, 0.1) is 0 Å². The average molecular weight is 503 g/mol. The lowest BCUT2D eigenvalue weighted by Crippen LogP contribution is -2.20. The van der Waals surface area contributed by atoms with Crippen LogP contribution in [0.25, 0.3) is 0 Å². The molecule has 0 spiro atoms. The van der Waals surface area contributed by atoms with Gasteiger partial charge in [-0.15, -0.1) is 0 Å². The van der Waals surface area contributed by atoms with Gasteiger partial charge < -0.3 is 9.80 Å². The highest BCUT2D eigenvalue weighted by molar-refractivity contribution is 7.91. The van der Waals surface area contributed by atoms with Crippen LogP contribution in [0.4, 0.5) is 5.69 Å². The van der Waals surface area contributed by atoms with Crippen LogP contribution in [0.15, 0.2) is 64.4 Å². The van der Waals surface area contributed by atoms with Crippen LogP contribution in [0.2, 0.25) is 10.0 Å². The van der Waals surface area contributed by atoms with E-state index < -0.39 is 9.84 Å². The molecule has 3 aromatic rings. The fraction of sp³-hybridized carbons (Fsp3) is 0.308. The van der Waals surface area contributed by atoms with Crippen LogP contribution in [0.1, 0.15) is 22.3 Å². The molecule has 4 rings (SSSR count). The molecule has 3 aromatic carbocycles. The third-order valence-corrected chi connectivity index (χ3v) is 8.74. The highest BCUT2D eigenvalue weighted by Gasteiger charge is 2.25. The summed E-state index contributed by atoms with van der Waals surface area (Å²) in [7, 11) is 2.22. The van der Waals surface area contributed by atoms with Crippen molar-refractivity contribution in [3.63, 3.8) is 0 Å². The van der Waals surface area contributed by atoms with Crippen molar-refractivity contribution in [3.05, 3.63) is 86.9 Å². The second kappa shape index (κ2) is 9.67. The molecule has 0 unspecified atom stereocenters. The van der Waals surface area contributed by atoms with E-state index in [9.17, 15) is 8.42 Å². The summed E-state index contributed by atoms with van der Waals surface area (Å²) in [6.45, 7) is 1.91. The van der Waals surface area contributed by atoms with Gasteiger partial charge in [0.05, 0.1) is 25.5 Å². The molecule has 33 heavy (non-hydrogen) atoms. The minimum absolute atomic E-state index is 0.300. The topological polar surface area (TPSA) is 40.6 Å². The summed E-state index contributed by atoms with van der Waals surface area (Å²) in [5.41, 5.74) is 5.12. The summed E-state index contributed by atoms with van der Waals surface area (Å²) in [5, 5.41) is 1.03. The predicted molar refractivity (Wildman–Crippen MR) is 137 cm³/mol. The van der Waals surface area contributed by atoms with E-state index >= 15 is 0 Å². The molecule has 0 atom stereocenters. The van der Waals surface area contributed by atoms with Crippen molar-refractivity contribution in [2.45, 2.75) is 29.1 Å². The second-order valence-corrected chi connectivity index (χ2v) is 11.6. The van der Waals surface area contributed by atoms with Gasteiger partial charge in [0.1, 0.15) is 0 Å². The lowest BCUT2D eigenvalue weighted by atomic mass is 10.0. The van der Waals surface area contributed by atoms with Crippen LogP contribution in [-0.2, 0) is 29.1 Å². The number of anilines is 1. The Morgan fingerprint density at radius 3 is 2.06 bits per heavy atom. The van der Waals surface area contributed by atoms with Crippen molar-refractivity contribution < 1.29 is 8.42 Å². The lowest BCUT2D eigenvalue weighted by molar-refractivity contribution is 0.352. The van der Waals surface area contributed by atoms with Gasteiger partial charge in [-0.1, -0.05) is 41.4 Å². The SMILES string of the molecule is CN1CCc2cc(N(C)C)c(S(=O)(=O)c3ccc(Cc4ccc(Cl)c(Cl)c4)cc3)cc2CC1. The molecule has 0 N–H and O–H groups in total. The molecular formula is C26H28Cl2N2O2S. The van der Waals surface area contributed by atoms with Gasteiger partial charge in [-0.3, -0.25) is 0 Å². The number of benzene rings is 3. The van der Waals surface area contributed by atoms with Crippen molar-refractivity contribution in [1.82, 2.24) is 4.90 Å². The third-order valence-electron chi connectivity index (χ3n) is 6.20. The predicted octanol–water partition coefficient (Wildman–Crippen LogP) is 5.51. The minimum Gasteiger partial charge on any atom is -0.377 e. The Morgan fingerprint density at radius 2 is 1.45 bits per heavy atom. The first-order chi connectivity index (χ1) is 15.6. The summed E-state index contributed by atoms with van der Waals surface area (Å²) in [4.78, 5) is 4.85. The highest BCUT2D eigenvalue weighted by atomic mass is 35.5. The van der Waals surface area contributed by atoms with Crippen LogP contribution < -0.4 is 4.90 Å². The summed E-state index contributed by atoms with van der Waals surface area (Å²) >= 11 is 12.1. The molecule has 0 bridgehead atoms. The Hall–Kier alpha value is -2.05. The van der Waals surface area contributed by atoms with Gasteiger partial charge in [-0.2, -0.15) is 0 Å². The van der Waals surface area contributed by atoms with Gasteiger partial charge in [0.2, 0.25) is 9.84 Å². The zero-order valence-corrected chi connectivity index (χ0v) is 21.4. The maximum atomic E-state index is 13.7. The van der Waals surface area contributed by atoms with Crippen molar-refractivity contribution in [2.24, 2.45) is 0 Å². The Kier molecular flexibility index (Phi) is 7.06. The van der Waals surface area contributed by atoms with Crippen LogP contribution in [0.5, 0.6) is 0 Å². The van der Waals surface area contributed by atoms with Gasteiger partial charge >= 0.3 is 0 Å². The summed E-state index contributed by atoms with van der Waals surface area (Å²) in [6.07, 6.45) is 2.42. The number of nitrogens with zero attached hydrogens (tertiary/aromatic N) is 2. The van der Waals surface area contributed by atoms with Crippen LogP contribution in [-0.4, -0.2) is 47.6 Å². The van der Waals surface area contributed by atoms with Crippen molar-refractivity contribution >= 4 is 38.7 Å². The van der Waals surface area contributed by atoms with Crippen molar-refractivity contribution in [1.29, 1.82) is 0 Å². The first-order valence-electron chi connectivity index (χ1n) is 10.9. The molecule has 0 radical (unpaired) electrons. The summed E-state index contributed by atoms with van der Waals surface area (Å²) in [6, 6.07) is 16.6. The number of hydrogen-bond donors (Lipinski definition) is 0. The summed E-state index contributed by atoms with van der Waals surface area (Å²) in [5.74, 6) is 0. The Morgan fingerprint density at radius 1 is 0.848 bits per heavy atom. The van der Waals surface area contributed by atoms with E-state index in [4.69, 9.17) is 23.2 Å². The molecule has 0 saturated carbocycles. The van der Waals surface area contributed by atoms with Gasteiger partial charge in [-0.25, -0.2) is 8.42 Å². The first kappa shape index (κ1) is 24.1. The standard InChI is InChI=1S/C26H28Cl2N2O2S/c1-29(2)25-16-20-10-12-30(3)13-11-21(20)17-26(25)33(31,32)22-7-4-18(5-8-22)14-19-6-9-23(27)24(28)15-19/h4-9,15-17H,10-14H2,1-3H3. The molecule has 0 aromatic heterocycles. The normalized spacial score (nSPS) is 14.6. The Labute approximate surface area is 206 Å². The molecule has 4 nitrogen and oxygen atoms in total. The van der Waals surface area contributed by atoms with Crippen molar-refractivity contribution in [2.75, 3.05) is 39.1 Å². The molecule has 0 fully saturated rings. The molecule has 0 saturated heterocycles. The van der Waals surface area contributed by atoms with Crippen LogP contribution in [0.3, 0.4) is 0 Å². The maximum Gasteiger partial charge on any atom is 0.208 e. The molecule has 1 aliphatic rings. The molecule has 174 valence electrons. The van der Waals surface area contributed by atoms with E-state index in [1.165, 1.54) is 5.56 Å².